The van der Waals surface area contributed by atoms with Crippen LogP contribution < -0.4 is 0 Å². The zero-order chi connectivity index (χ0) is 19.5. The Morgan fingerprint density at radius 3 is 2.57 bits per heavy atom. The molecular formula is C21H13FN4OS. The molecule has 7 heteroatoms. The molecule has 4 aromatic rings. The van der Waals surface area contributed by atoms with E-state index in [9.17, 15) is 9.50 Å². The molecule has 2 N–H and O–H groups in total. The lowest BCUT2D eigenvalue weighted by Gasteiger charge is -2.04. The number of benzene rings is 3. The maximum absolute atomic E-state index is 13.2. The Kier molecular flexibility index (Phi) is 4.79. The number of nitriles is 1. The van der Waals surface area contributed by atoms with Gasteiger partial charge in [-0.1, -0.05) is 23.9 Å². The van der Waals surface area contributed by atoms with Gasteiger partial charge in [-0.25, -0.2) is 4.39 Å². The van der Waals surface area contributed by atoms with Gasteiger partial charge in [0.2, 0.25) is 5.88 Å². The summed E-state index contributed by atoms with van der Waals surface area (Å²) in [5, 5.41) is 28.4. The molecule has 0 radical (unpaired) electrons. The highest BCUT2D eigenvalue weighted by molar-refractivity contribution is 7.99. The molecule has 0 spiro atoms. The van der Waals surface area contributed by atoms with E-state index in [0.717, 1.165) is 15.2 Å². The molecule has 28 heavy (non-hydrogen) atoms. The Morgan fingerprint density at radius 1 is 1.00 bits per heavy atom. The van der Waals surface area contributed by atoms with E-state index in [-0.39, 0.29) is 11.7 Å². The molecule has 0 atom stereocenters. The predicted molar refractivity (Wildman–Crippen MR) is 106 cm³/mol. The number of H-pyrrole nitrogens is 1. The molecule has 136 valence electrons. The predicted octanol–water partition coefficient (Wildman–Crippen LogP) is 6.45. The minimum Gasteiger partial charge on any atom is -0.493 e. The van der Waals surface area contributed by atoms with Crippen LogP contribution in [0.5, 0.6) is 5.88 Å². The van der Waals surface area contributed by atoms with Crippen LogP contribution in [0.2, 0.25) is 0 Å². The van der Waals surface area contributed by atoms with E-state index >= 15 is 0 Å². The van der Waals surface area contributed by atoms with E-state index in [2.05, 4.69) is 21.3 Å². The van der Waals surface area contributed by atoms with E-state index in [1.54, 1.807) is 36.4 Å². The second-order valence-corrected chi connectivity index (χ2v) is 7.03. The number of azo groups is 1. The first kappa shape index (κ1) is 17.8. The third-order valence-electron chi connectivity index (χ3n) is 4.02. The standard InChI is InChI=1S/C21H13FN4OS/c22-14-7-9-16(10-8-14)28-18-6-2-5-17-19(18)20(21(27)24-17)26-25-15-4-1-3-13(11-15)12-23/h1-11,24,27H. The molecule has 0 bridgehead atoms. The van der Waals surface area contributed by atoms with Crippen molar-refractivity contribution in [1.29, 1.82) is 5.26 Å². The van der Waals surface area contributed by atoms with Crippen LogP contribution in [0.25, 0.3) is 10.9 Å². The summed E-state index contributed by atoms with van der Waals surface area (Å²) >= 11 is 1.44. The lowest BCUT2D eigenvalue weighted by atomic mass is 10.2. The Bertz CT molecular complexity index is 1230. The molecular weight excluding hydrogens is 375 g/mol. The molecule has 0 aliphatic rings. The molecule has 3 aromatic carbocycles. The molecule has 0 saturated heterocycles. The number of aromatic hydroxyl groups is 1. The van der Waals surface area contributed by atoms with Gasteiger partial charge in [0.25, 0.3) is 0 Å². The van der Waals surface area contributed by atoms with Crippen LogP contribution in [0.15, 0.2) is 86.7 Å². The van der Waals surface area contributed by atoms with E-state index in [0.29, 0.717) is 22.5 Å². The van der Waals surface area contributed by atoms with E-state index in [4.69, 9.17) is 5.26 Å². The SMILES string of the molecule is N#Cc1cccc(N=Nc2c(O)[nH]c3cccc(Sc4ccc(F)cc4)c23)c1. The first-order valence-electron chi connectivity index (χ1n) is 8.33. The number of nitrogens with one attached hydrogen (secondary N) is 1. The van der Waals surface area contributed by atoms with Gasteiger partial charge in [-0.2, -0.15) is 10.4 Å². The lowest BCUT2D eigenvalue weighted by molar-refractivity contribution is 0.459. The summed E-state index contributed by atoms with van der Waals surface area (Å²) in [4.78, 5) is 4.61. The second-order valence-electron chi connectivity index (χ2n) is 5.92. The van der Waals surface area contributed by atoms with Crippen LogP contribution in [-0.2, 0) is 0 Å². The van der Waals surface area contributed by atoms with Crippen LogP contribution in [0.1, 0.15) is 5.56 Å². The molecule has 1 aromatic heterocycles. The van der Waals surface area contributed by atoms with Crippen molar-refractivity contribution in [2.45, 2.75) is 9.79 Å². The topological polar surface area (TPSA) is 84.5 Å². The Morgan fingerprint density at radius 2 is 1.79 bits per heavy atom. The summed E-state index contributed by atoms with van der Waals surface area (Å²) in [7, 11) is 0. The molecule has 1 heterocycles. The van der Waals surface area contributed by atoms with Crippen molar-refractivity contribution in [3.63, 3.8) is 0 Å². The summed E-state index contributed by atoms with van der Waals surface area (Å²) in [6, 6.07) is 20.6. The highest BCUT2D eigenvalue weighted by Gasteiger charge is 2.15. The first-order valence-corrected chi connectivity index (χ1v) is 9.14. The molecule has 0 aliphatic carbocycles. The van der Waals surface area contributed by atoms with Crippen molar-refractivity contribution in [3.05, 3.63) is 78.1 Å². The Labute approximate surface area is 164 Å². The van der Waals surface area contributed by atoms with Crippen molar-refractivity contribution in [3.8, 4) is 11.9 Å². The van der Waals surface area contributed by atoms with Crippen molar-refractivity contribution in [1.82, 2.24) is 4.98 Å². The summed E-state index contributed by atoms with van der Waals surface area (Å²) in [5.74, 6) is -0.390. The minimum atomic E-state index is -0.295. The van der Waals surface area contributed by atoms with Crippen molar-refractivity contribution < 1.29 is 9.50 Å². The van der Waals surface area contributed by atoms with Gasteiger partial charge in [-0.15, -0.1) is 5.11 Å². The second kappa shape index (κ2) is 7.55. The lowest BCUT2D eigenvalue weighted by Crippen LogP contribution is -1.77. The van der Waals surface area contributed by atoms with Crippen LogP contribution in [0.3, 0.4) is 0 Å². The zero-order valence-corrected chi connectivity index (χ0v) is 15.2. The maximum Gasteiger partial charge on any atom is 0.218 e. The highest BCUT2D eigenvalue weighted by atomic mass is 32.2. The van der Waals surface area contributed by atoms with Crippen molar-refractivity contribution in [2.24, 2.45) is 10.2 Å². The van der Waals surface area contributed by atoms with Gasteiger partial charge >= 0.3 is 0 Å². The van der Waals surface area contributed by atoms with E-state index in [1.165, 1.54) is 23.9 Å². The monoisotopic (exact) mass is 388 g/mol. The quantitative estimate of drug-likeness (QED) is 0.394. The fraction of sp³-hybridized carbons (Fsp3) is 0. The van der Waals surface area contributed by atoms with Gasteiger partial charge in [0, 0.05) is 15.2 Å². The third kappa shape index (κ3) is 3.59. The summed E-state index contributed by atoms with van der Waals surface area (Å²) in [6.07, 6.45) is 0. The molecule has 0 fully saturated rings. The van der Waals surface area contributed by atoms with Crippen LogP contribution >= 0.6 is 11.8 Å². The number of hydrogen-bond acceptors (Lipinski definition) is 5. The fourth-order valence-corrected chi connectivity index (χ4v) is 3.72. The molecule has 0 aliphatic heterocycles. The van der Waals surface area contributed by atoms with Gasteiger partial charge in [0.15, 0.2) is 5.69 Å². The van der Waals surface area contributed by atoms with Gasteiger partial charge in [0.05, 0.1) is 22.8 Å². The molecule has 4 rings (SSSR count). The minimum absolute atomic E-state index is 0.0951. The Balaban J connectivity index is 1.76. The van der Waals surface area contributed by atoms with Crippen LogP contribution in [0, 0.1) is 17.1 Å². The number of aromatic nitrogens is 1. The number of nitrogens with zero attached hydrogens (tertiary/aromatic N) is 3. The third-order valence-corrected chi connectivity index (χ3v) is 5.09. The fourth-order valence-electron chi connectivity index (χ4n) is 2.74. The van der Waals surface area contributed by atoms with Gasteiger partial charge in [-0.05, 0) is 54.6 Å². The summed E-state index contributed by atoms with van der Waals surface area (Å²) < 4.78 is 13.2. The molecule has 0 amide bonds. The van der Waals surface area contributed by atoms with Crippen molar-refractivity contribution in [2.75, 3.05) is 0 Å². The molecule has 0 unspecified atom stereocenters. The van der Waals surface area contributed by atoms with Crippen molar-refractivity contribution >= 4 is 34.0 Å². The maximum atomic E-state index is 13.2. The Hall–Kier alpha value is -3.63. The van der Waals surface area contributed by atoms with Crippen LogP contribution in [-0.4, -0.2) is 10.1 Å². The average molecular weight is 388 g/mol. The van der Waals surface area contributed by atoms with E-state index in [1.807, 2.05) is 18.2 Å². The molecule has 5 nitrogen and oxygen atoms in total. The number of halogens is 1. The zero-order valence-electron chi connectivity index (χ0n) is 14.4. The number of fused-ring (bicyclic) bond motifs is 1. The highest BCUT2D eigenvalue weighted by Crippen LogP contribution is 2.43. The number of hydrogen-bond donors (Lipinski definition) is 2. The van der Waals surface area contributed by atoms with E-state index < -0.39 is 0 Å². The molecule has 0 saturated carbocycles. The van der Waals surface area contributed by atoms with Crippen LogP contribution in [0.4, 0.5) is 15.8 Å². The normalized spacial score (nSPS) is 11.1. The largest absolute Gasteiger partial charge is 0.493 e. The smallest absolute Gasteiger partial charge is 0.218 e. The summed E-state index contributed by atoms with van der Waals surface area (Å²) in [5.41, 5.74) is 2.01. The summed E-state index contributed by atoms with van der Waals surface area (Å²) in [6.45, 7) is 0. The van der Waals surface area contributed by atoms with Gasteiger partial charge < -0.3 is 10.1 Å². The average Bonchev–Trinajstić information content (AvgIpc) is 3.04. The number of rotatable bonds is 4. The number of aromatic amines is 1. The van der Waals surface area contributed by atoms with Gasteiger partial charge in [0.1, 0.15) is 5.82 Å². The van der Waals surface area contributed by atoms with Gasteiger partial charge in [-0.3, -0.25) is 0 Å². The first-order chi connectivity index (χ1) is 13.6.